The summed E-state index contributed by atoms with van der Waals surface area (Å²) in [6.45, 7) is 1.97. The van der Waals surface area contributed by atoms with E-state index in [-0.39, 0.29) is 17.6 Å². The van der Waals surface area contributed by atoms with Crippen LogP contribution >= 0.6 is 11.6 Å². The summed E-state index contributed by atoms with van der Waals surface area (Å²) in [4.78, 5) is 24.6. The van der Waals surface area contributed by atoms with E-state index in [1.807, 2.05) is 55.5 Å². The second kappa shape index (κ2) is 8.51. The molecule has 31 heavy (non-hydrogen) atoms. The van der Waals surface area contributed by atoms with Crippen molar-refractivity contribution in [2.24, 2.45) is 5.73 Å². The van der Waals surface area contributed by atoms with Crippen molar-refractivity contribution < 1.29 is 9.59 Å². The van der Waals surface area contributed by atoms with Gasteiger partial charge in [-0.15, -0.1) is 5.10 Å². The Morgan fingerprint density at radius 2 is 1.74 bits per heavy atom. The lowest BCUT2D eigenvalue weighted by Crippen LogP contribution is -2.43. The molecule has 1 fully saturated rings. The number of benzene rings is 2. The van der Waals surface area contributed by atoms with E-state index in [9.17, 15) is 9.59 Å². The minimum Gasteiger partial charge on any atom is -0.364 e. The van der Waals surface area contributed by atoms with E-state index in [2.05, 4.69) is 15.6 Å². The van der Waals surface area contributed by atoms with Gasteiger partial charge in [-0.3, -0.25) is 9.59 Å². The maximum atomic E-state index is 13.4. The molecular formula is C23H24ClN5O2. The SMILES string of the molecule is C[C@H](NC(=O)C1(c2ccc(Cl)cc2)CCCC1)c1ccc(-n2cc(C(N)=O)nn2)cc1. The third-order valence-electron chi connectivity index (χ3n) is 6.04. The van der Waals surface area contributed by atoms with E-state index in [0.29, 0.717) is 5.02 Å². The number of carbonyl (C=O) groups excluding carboxylic acids is 2. The summed E-state index contributed by atoms with van der Waals surface area (Å²) < 4.78 is 1.49. The van der Waals surface area contributed by atoms with Crippen LogP contribution in [0.15, 0.2) is 54.7 Å². The van der Waals surface area contributed by atoms with Gasteiger partial charge in [0.2, 0.25) is 5.91 Å². The van der Waals surface area contributed by atoms with Crippen molar-refractivity contribution in [1.82, 2.24) is 20.3 Å². The largest absolute Gasteiger partial charge is 0.364 e. The average molecular weight is 438 g/mol. The molecule has 8 heteroatoms. The summed E-state index contributed by atoms with van der Waals surface area (Å²) in [5.41, 5.74) is 7.56. The molecule has 0 saturated heterocycles. The molecule has 1 atom stereocenters. The minimum atomic E-state index is -0.624. The van der Waals surface area contributed by atoms with Crippen LogP contribution in [-0.4, -0.2) is 26.8 Å². The first-order valence-corrected chi connectivity index (χ1v) is 10.7. The van der Waals surface area contributed by atoms with E-state index < -0.39 is 11.3 Å². The first kappa shape index (κ1) is 21.1. The number of amides is 2. The van der Waals surface area contributed by atoms with E-state index in [0.717, 1.165) is 42.5 Å². The highest BCUT2D eigenvalue weighted by molar-refractivity contribution is 6.30. The topological polar surface area (TPSA) is 103 Å². The second-order valence-corrected chi connectivity index (χ2v) is 8.43. The predicted octanol–water partition coefficient (Wildman–Crippen LogP) is 3.71. The molecule has 1 heterocycles. The lowest BCUT2D eigenvalue weighted by molar-refractivity contribution is -0.127. The Bertz CT molecular complexity index is 1090. The maximum Gasteiger partial charge on any atom is 0.270 e. The van der Waals surface area contributed by atoms with Crippen LogP contribution in [0.2, 0.25) is 5.02 Å². The van der Waals surface area contributed by atoms with Crippen molar-refractivity contribution in [3.8, 4) is 5.69 Å². The fourth-order valence-electron chi connectivity index (χ4n) is 4.23. The zero-order valence-electron chi connectivity index (χ0n) is 17.2. The third-order valence-corrected chi connectivity index (χ3v) is 6.29. The number of hydrogen-bond donors (Lipinski definition) is 2. The number of nitrogens with zero attached hydrogens (tertiary/aromatic N) is 3. The molecule has 3 aromatic rings. The summed E-state index contributed by atoms with van der Waals surface area (Å²) in [6.07, 6.45) is 5.22. The van der Waals surface area contributed by atoms with Gasteiger partial charge in [-0.05, 0) is 55.2 Å². The number of nitrogens with two attached hydrogens (primary N) is 1. The number of halogens is 1. The quantitative estimate of drug-likeness (QED) is 0.613. The molecule has 3 N–H and O–H groups in total. The monoisotopic (exact) mass is 437 g/mol. The van der Waals surface area contributed by atoms with Crippen molar-refractivity contribution >= 4 is 23.4 Å². The van der Waals surface area contributed by atoms with E-state index in [1.165, 1.54) is 10.9 Å². The van der Waals surface area contributed by atoms with Gasteiger partial charge in [0.25, 0.3) is 5.91 Å². The Morgan fingerprint density at radius 1 is 1.10 bits per heavy atom. The highest BCUT2D eigenvalue weighted by atomic mass is 35.5. The Hall–Kier alpha value is -3.19. The van der Waals surface area contributed by atoms with Crippen molar-refractivity contribution in [3.05, 3.63) is 76.6 Å². The Kier molecular flexibility index (Phi) is 5.78. The zero-order valence-corrected chi connectivity index (χ0v) is 18.0. The Labute approximate surface area is 185 Å². The second-order valence-electron chi connectivity index (χ2n) is 8.00. The van der Waals surface area contributed by atoms with Gasteiger partial charge in [-0.25, -0.2) is 4.68 Å². The molecule has 1 aliphatic carbocycles. The number of rotatable bonds is 6. The molecule has 160 valence electrons. The molecule has 1 aliphatic rings. The van der Waals surface area contributed by atoms with Crippen LogP contribution in [0.5, 0.6) is 0 Å². The maximum absolute atomic E-state index is 13.4. The minimum absolute atomic E-state index is 0.0475. The summed E-state index contributed by atoms with van der Waals surface area (Å²) >= 11 is 6.05. The summed E-state index contributed by atoms with van der Waals surface area (Å²) in [5, 5.41) is 11.5. The average Bonchev–Trinajstić information content (AvgIpc) is 3.45. The van der Waals surface area contributed by atoms with Crippen LogP contribution in [0.25, 0.3) is 5.69 Å². The number of aromatic nitrogens is 3. The molecule has 2 aromatic carbocycles. The van der Waals surface area contributed by atoms with Gasteiger partial charge in [-0.1, -0.05) is 53.9 Å². The molecule has 1 aromatic heterocycles. The molecule has 0 radical (unpaired) electrons. The number of hydrogen-bond acceptors (Lipinski definition) is 4. The Balaban J connectivity index is 1.50. The number of primary amides is 1. The molecule has 0 spiro atoms. The smallest absolute Gasteiger partial charge is 0.270 e. The van der Waals surface area contributed by atoms with Crippen LogP contribution in [0.3, 0.4) is 0 Å². The highest BCUT2D eigenvalue weighted by Gasteiger charge is 2.43. The van der Waals surface area contributed by atoms with Gasteiger partial charge >= 0.3 is 0 Å². The zero-order chi connectivity index (χ0) is 22.0. The number of carbonyl (C=O) groups is 2. The van der Waals surface area contributed by atoms with Crippen molar-refractivity contribution in [2.45, 2.75) is 44.1 Å². The van der Waals surface area contributed by atoms with Gasteiger partial charge in [0, 0.05) is 5.02 Å². The lowest BCUT2D eigenvalue weighted by Gasteiger charge is -2.30. The van der Waals surface area contributed by atoms with Crippen LogP contribution in [-0.2, 0) is 10.2 Å². The van der Waals surface area contributed by atoms with E-state index in [1.54, 1.807) is 0 Å². The van der Waals surface area contributed by atoms with Gasteiger partial charge in [0.15, 0.2) is 5.69 Å². The van der Waals surface area contributed by atoms with Crippen LogP contribution < -0.4 is 11.1 Å². The van der Waals surface area contributed by atoms with E-state index >= 15 is 0 Å². The first-order chi connectivity index (χ1) is 14.9. The third kappa shape index (κ3) is 4.18. The fourth-order valence-corrected chi connectivity index (χ4v) is 4.36. The standard InChI is InChI=1S/C23H24ClN5O2/c1-15(16-4-10-19(11-5-16)29-14-20(21(25)30)27-28-29)26-22(31)23(12-2-3-13-23)17-6-8-18(24)9-7-17/h4-11,14-15H,2-3,12-13H2,1H3,(H2,25,30)(H,26,31)/t15-/m0/s1. The van der Waals surface area contributed by atoms with Gasteiger partial charge < -0.3 is 11.1 Å². The lowest BCUT2D eigenvalue weighted by atomic mass is 9.77. The predicted molar refractivity (Wildman–Crippen MR) is 118 cm³/mol. The molecule has 0 aliphatic heterocycles. The van der Waals surface area contributed by atoms with Crippen molar-refractivity contribution in [2.75, 3.05) is 0 Å². The summed E-state index contributed by atoms with van der Waals surface area (Å²) in [6, 6.07) is 15.0. The highest BCUT2D eigenvalue weighted by Crippen LogP contribution is 2.42. The normalized spacial score (nSPS) is 16.1. The first-order valence-electron chi connectivity index (χ1n) is 10.3. The van der Waals surface area contributed by atoms with Gasteiger partial charge in [0.1, 0.15) is 0 Å². The molecule has 7 nitrogen and oxygen atoms in total. The van der Waals surface area contributed by atoms with E-state index in [4.69, 9.17) is 17.3 Å². The van der Waals surface area contributed by atoms with Crippen molar-refractivity contribution in [1.29, 1.82) is 0 Å². The van der Waals surface area contributed by atoms with Gasteiger partial charge in [0.05, 0.1) is 23.3 Å². The summed E-state index contributed by atoms with van der Waals surface area (Å²) in [7, 11) is 0. The Morgan fingerprint density at radius 3 is 2.32 bits per heavy atom. The van der Waals surface area contributed by atoms with Crippen LogP contribution in [0, 0.1) is 0 Å². The molecule has 0 unspecified atom stereocenters. The summed E-state index contributed by atoms with van der Waals surface area (Å²) in [5.74, 6) is -0.577. The van der Waals surface area contributed by atoms with Crippen LogP contribution in [0.4, 0.5) is 0 Å². The molecule has 0 bridgehead atoms. The van der Waals surface area contributed by atoms with Crippen molar-refractivity contribution in [3.63, 3.8) is 0 Å². The molecular weight excluding hydrogens is 414 g/mol. The van der Waals surface area contributed by atoms with Gasteiger partial charge in [-0.2, -0.15) is 0 Å². The number of nitrogens with one attached hydrogen (secondary N) is 1. The molecule has 4 rings (SSSR count). The molecule has 2 amide bonds. The molecule has 1 saturated carbocycles. The van der Waals surface area contributed by atoms with Crippen LogP contribution in [0.1, 0.15) is 60.3 Å². The fraction of sp³-hybridized carbons (Fsp3) is 0.304.